The number of anilines is 2. The summed E-state index contributed by atoms with van der Waals surface area (Å²) in [5, 5.41) is 0. The number of hydrogen-bond acceptors (Lipinski definition) is 7. The van der Waals surface area contributed by atoms with Gasteiger partial charge >= 0.3 is 5.97 Å². The van der Waals surface area contributed by atoms with Crippen LogP contribution in [-0.4, -0.2) is 52.3 Å². The number of carbonyl (C=O) groups is 1. The number of halogens is 1. The van der Waals surface area contributed by atoms with Gasteiger partial charge in [0.05, 0.1) is 28.3 Å². The van der Waals surface area contributed by atoms with E-state index >= 15 is 0 Å². The molecule has 2 unspecified atom stereocenters. The van der Waals surface area contributed by atoms with E-state index in [2.05, 4.69) is 23.5 Å². The number of hydrogen-bond donors (Lipinski definition) is 0. The van der Waals surface area contributed by atoms with Crippen LogP contribution in [0.3, 0.4) is 0 Å². The van der Waals surface area contributed by atoms with Gasteiger partial charge in [-0.05, 0) is 44.2 Å². The Balaban J connectivity index is 2.17. The Labute approximate surface area is 218 Å². The summed E-state index contributed by atoms with van der Waals surface area (Å²) in [5.41, 5.74) is -1.30. The molecule has 1 aliphatic rings. The van der Waals surface area contributed by atoms with E-state index in [4.69, 9.17) is 4.74 Å². The highest BCUT2D eigenvalue weighted by Gasteiger charge is 2.42. The van der Waals surface area contributed by atoms with E-state index < -0.39 is 33.5 Å². The fourth-order valence-electron chi connectivity index (χ4n) is 4.63. The predicted octanol–water partition coefficient (Wildman–Crippen LogP) is 6.20. The maximum absolute atomic E-state index is 14.8. The molecule has 0 fully saturated rings. The number of ether oxygens (including phenoxy) is 2. The van der Waals surface area contributed by atoms with Gasteiger partial charge in [0.2, 0.25) is 5.67 Å². The minimum atomic E-state index is -3.71. The molecule has 9 heteroatoms. The Morgan fingerprint density at radius 1 is 1.22 bits per heavy atom. The zero-order chi connectivity index (χ0) is 26.6. The normalized spacial score (nSPS) is 20.7. The number of sulfone groups is 1. The highest BCUT2D eigenvalue weighted by Crippen LogP contribution is 2.47. The van der Waals surface area contributed by atoms with E-state index in [1.54, 1.807) is 6.07 Å². The first kappa shape index (κ1) is 28.3. The van der Waals surface area contributed by atoms with Crippen LogP contribution in [0.25, 0.3) is 0 Å². The Morgan fingerprint density at radius 2 is 1.92 bits per heavy atom. The van der Waals surface area contributed by atoms with Gasteiger partial charge in [0.15, 0.2) is 9.84 Å². The lowest BCUT2D eigenvalue weighted by molar-refractivity contribution is -0.155. The minimum absolute atomic E-state index is 0.0217. The van der Waals surface area contributed by atoms with E-state index in [0.29, 0.717) is 17.1 Å². The predicted molar refractivity (Wildman–Crippen MR) is 143 cm³/mol. The fraction of sp³-hybridized carbons (Fsp3) is 0.519. The van der Waals surface area contributed by atoms with Crippen molar-refractivity contribution in [1.82, 2.24) is 0 Å². The van der Waals surface area contributed by atoms with Crippen molar-refractivity contribution in [3.63, 3.8) is 0 Å². The number of rotatable bonds is 10. The van der Waals surface area contributed by atoms with Crippen LogP contribution in [-0.2, 0) is 19.4 Å². The zero-order valence-electron chi connectivity index (χ0n) is 21.7. The number of alkyl halides is 1. The Bertz CT molecular complexity index is 1170. The summed E-state index contributed by atoms with van der Waals surface area (Å²) < 4.78 is 52.8. The van der Waals surface area contributed by atoms with Crippen molar-refractivity contribution < 1.29 is 27.1 Å². The summed E-state index contributed by atoms with van der Waals surface area (Å²) in [6, 6.07) is 13.1. The third-order valence-corrected chi connectivity index (χ3v) is 9.60. The average Bonchev–Trinajstić information content (AvgIpc) is 2.97. The summed E-state index contributed by atoms with van der Waals surface area (Å²) >= 11 is 1.37. The van der Waals surface area contributed by atoms with Crippen LogP contribution in [0, 0.1) is 5.41 Å². The number of carbonyl (C=O) groups excluding carboxylic acids is 1. The third-order valence-electron chi connectivity index (χ3n) is 6.85. The first-order valence-corrected chi connectivity index (χ1v) is 15.1. The van der Waals surface area contributed by atoms with Gasteiger partial charge in [-0.1, -0.05) is 44.9 Å². The Kier molecular flexibility index (Phi) is 8.98. The summed E-state index contributed by atoms with van der Waals surface area (Å²) in [7, 11) is -2.60. The molecule has 2 aromatic rings. The summed E-state index contributed by atoms with van der Waals surface area (Å²) in [6.45, 7) is 5.22. The van der Waals surface area contributed by atoms with E-state index in [9.17, 15) is 17.6 Å². The van der Waals surface area contributed by atoms with Gasteiger partial charge in [0.25, 0.3) is 0 Å². The minimum Gasteiger partial charge on any atom is -0.488 e. The largest absolute Gasteiger partial charge is 0.488 e. The second-order valence-corrected chi connectivity index (χ2v) is 12.4. The third kappa shape index (κ3) is 5.99. The van der Waals surface area contributed by atoms with E-state index in [-0.39, 0.29) is 16.4 Å². The molecule has 6 nitrogen and oxygen atoms in total. The topological polar surface area (TPSA) is 72.9 Å². The number of para-hydroxylation sites is 1. The van der Waals surface area contributed by atoms with E-state index in [0.717, 1.165) is 45.4 Å². The number of nitrogens with zero attached hydrogens (tertiary/aromatic N) is 1. The molecule has 0 aliphatic carbocycles. The molecule has 0 bridgehead atoms. The van der Waals surface area contributed by atoms with Crippen LogP contribution in [0.4, 0.5) is 15.8 Å². The van der Waals surface area contributed by atoms with Gasteiger partial charge in [-0.25, -0.2) is 17.6 Å². The summed E-state index contributed by atoms with van der Waals surface area (Å²) in [4.78, 5) is 14.7. The molecule has 0 radical (unpaired) electrons. The quantitative estimate of drug-likeness (QED) is 0.264. The van der Waals surface area contributed by atoms with Crippen LogP contribution >= 0.6 is 11.8 Å². The number of thioether (sulfide) groups is 1. The van der Waals surface area contributed by atoms with Crippen LogP contribution in [0.15, 0.2) is 52.3 Å². The lowest BCUT2D eigenvalue weighted by Crippen LogP contribution is -2.38. The van der Waals surface area contributed by atoms with E-state index in [1.165, 1.54) is 17.8 Å². The zero-order valence-corrected chi connectivity index (χ0v) is 23.3. The van der Waals surface area contributed by atoms with Crippen molar-refractivity contribution in [2.24, 2.45) is 5.41 Å². The standard InChI is InChI=1S/C27H36FNO5S2/c1-6-8-14-27(7-2)17-29(20-12-10-9-11-13-20)21-15-23(35-5)22(16-24(21)36(31,32)19-27)34-18-26(3,28)25(30)33-4/h9-13,15-16H,6-8,14,17-19H2,1-5H3. The molecule has 0 spiro atoms. The molecule has 0 amide bonds. The van der Waals surface area contributed by atoms with Gasteiger partial charge in [-0.2, -0.15) is 0 Å². The van der Waals surface area contributed by atoms with Crippen molar-refractivity contribution in [3.05, 3.63) is 42.5 Å². The number of unbranched alkanes of at least 4 members (excludes halogenated alkanes) is 1. The average molecular weight is 538 g/mol. The first-order chi connectivity index (χ1) is 17.0. The molecule has 2 atom stereocenters. The molecule has 3 rings (SSSR count). The molecule has 198 valence electrons. The van der Waals surface area contributed by atoms with Crippen molar-refractivity contribution in [2.75, 3.05) is 37.2 Å². The molecule has 0 aromatic heterocycles. The molecule has 36 heavy (non-hydrogen) atoms. The molecule has 0 N–H and O–H groups in total. The molecule has 1 aliphatic heterocycles. The van der Waals surface area contributed by atoms with Crippen LogP contribution < -0.4 is 9.64 Å². The van der Waals surface area contributed by atoms with E-state index in [1.807, 2.05) is 36.6 Å². The number of benzene rings is 2. The van der Waals surface area contributed by atoms with Gasteiger partial charge in [0.1, 0.15) is 12.4 Å². The number of esters is 1. The monoisotopic (exact) mass is 537 g/mol. The second kappa shape index (κ2) is 11.4. The first-order valence-electron chi connectivity index (χ1n) is 12.2. The van der Waals surface area contributed by atoms with Crippen LogP contribution in [0.1, 0.15) is 46.5 Å². The van der Waals surface area contributed by atoms with Crippen LogP contribution in [0.5, 0.6) is 5.75 Å². The van der Waals surface area contributed by atoms with Crippen LogP contribution in [0.2, 0.25) is 0 Å². The molecule has 0 saturated heterocycles. The van der Waals surface area contributed by atoms with Crippen molar-refractivity contribution in [2.45, 2.75) is 61.9 Å². The lowest BCUT2D eigenvalue weighted by atomic mass is 9.81. The Hall–Kier alpha value is -2.26. The number of methoxy groups -OCH3 is 1. The highest BCUT2D eigenvalue weighted by atomic mass is 32.2. The molecular formula is C27H36FNO5S2. The van der Waals surface area contributed by atoms with Gasteiger partial charge in [-0.15, -0.1) is 11.8 Å². The van der Waals surface area contributed by atoms with Gasteiger partial charge in [-0.3, -0.25) is 0 Å². The maximum Gasteiger partial charge on any atom is 0.346 e. The second-order valence-electron chi connectivity index (χ2n) is 9.59. The fourth-order valence-corrected chi connectivity index (χ4v) is 7.35. The molecule has 1 heterocycles. The van der Waals surface area contributed by atoms with Crippen molar-refractivity contribution in [3.8, 4) is 5.75 Å². The van der Waals surface area contributed by atoms with Gasteiger partial charge < -0.3 is 14.4 Å². The molecule has 0 saturated carbocycles. The smallest absolute Gasteiger partial charge is 0.346 e. The SMILES string of the molecule is CCCCC1(CC)CN(c2ccccc2)c2cc(SC)c(OCC(C)(F)C(=O)OC)cc2S(=O)(=O)C1. The highest BCUT2D eigenvalue weighted by molar-refractivity contribution is 7.98. The summed E-state index contributed by atoms with van der Waals surface area (Å²) in [5.74, 6) is -0.800. The molecular weight excluding hydrogens is 501 g/mol. The maximum atomic E-state index is 14.8. The molecule has 2 aromatic carbocycles. The summed E-state index contributed by atoms with van der Waals surface area (Å²) in [6.07, 6.45) is 5.29. The van der Waals surface area contributed by atoms with Crippen molar-refractivity contribution >= 4 is 38.9 Å². The van der Waals surface area contributed by atoms with Gasteiger partial charge in [0, 0.05) is 23.7 Å². The number of fused-ring (bicyclic) bond motifs is 1. The van der Waals surface area contributed by atoms with Crippen molar-refractivity contribution in [1.29, 1.82) is 0 Å². The Morgan fingerprint density at radius 3 is 2.50 bits per heavy atom. The lowest BCUT2D eigenvalue weighted by Gasteiger charge is -2.36.